The number of aromatic nitrogens is 1. The van der Waals surface area contributed by atoms with Gasteiger partial charge < -0.3 is 21.1 Å². The SMILES string of the molecule is C=C(O)C(=C)Nc1sc2c(c1C(=C)C)CC(CNc1nsc3ccccc13)NC2. The lowest BCUT2D eigenvalue weighted by Crippen LogP contribution is -2.40. The zero-order valence-electron chi connectivity index (χ0n) is 16.3. The number of aliphatic hydroxyl groups excluding tert-OH is 1. The van der Waals surface area contributed by atoms with Gasteiger partial charge in [-0.1, -0.05) is 31.9 Å². The van der Waals surface area contributed by atoms with E-state index < -0.39 is 0 Å². The minimum Gasteiger partial charge on any atom is -0.506 e. The summed E-state index contributed by atoms with van der Waals surface area (Å²) in [7, 11) is 0. The predicted molar refractivity (Wildman–Crippen MR) is 126 cm³/mol. The molecule has 7 heteroatoms. The maximum atomic E-state index is 9.59. The Morgan fingerprint density at radius 3 is 2.86 bits per heavy atom. The van der Waals surface area contributed by atoms with Crippen LogP contribution in [0.15, 0.2) is 55.5 Å². The molecule has 5 nitrogen and oxygen atoms in total. The van der Waals surface area contributed by atoms with Crippen molar-refractivity contribution in [3.05, 3.63) is 71.5 Å². The van der Waals surface area contributed by atoms with Crippen LogP contribution in [-0.4, -0.2) is 22.1 Å². The predicted octanol–water partition coefficient (Wildman–Crippen LogP) is 5.51. The lowest BCUT2D eigenvalue weighted by Gasteiger charge is -2.25. The molecule has 3 aromatic rings. The second-order valence-corrected chi connectivity index (χ2v) is 9.14. The number of nitrogens with one attached hydrogen (secondary N) is 3. The van der Waals surface area contributed by atoms with Crippen molar-refractivity contribution in [2.24, 2.45) is 0 Å². The Bertz CT molecular complexity index is 1110. The zero-order valence-corrected chi connectivity index (χ0v) is 18.0. The fourth-order valence-electron chi connectivity index (χ4n) is 3.55. The summed E-state index contributed by atoms with van der Waals surface area (Å²) in [6, 6.07) is 8.57. The Morgan fingerprint density at radius 1 is 1.31 bits per heavy atom. The van der Waals surface area contributed by atoms with Gasteiger partial charge in [-0.3, -0.25) is 0 Å². The third kappa shape index (κ3) is 3.94. The van der Waals surface area contributed by atoms with E-state index in [1.165, 1.54) is 32.1 Å². The number of nitrogens with zero attached hydrogens (tertiary/aromatic N) is 1. The highest BCUT2D eigenvalue weighted by molar-refractivity contribution is 7.16. The van der Waals surface area contributed by atoms with Crippen molar-refractivity contribution in [2.75, 3.05) is 17.2 Å². The summed E-state index contributed by atoms with van der Waals surface area (Å²) < 4.78 is 5.75. The Hall–Kier alpha value is -2.61. The van der Waals surface area contributed by atoms with Crippen LogP contribution in [0.3, 0.4) is 0 Å². The highest BCUT2D eigenvalue weighted by Crippen LogP contribution is 2.40. The average Bonchev–Trinajstić information content (AvgIpc) is 3.26. The van der Waals surface area contributed by atoms with Crippen molar-refractivity contribution in [3.8, 4) is 0 Å². The second-order valence-electron chi connectivity index (χ2n) is 7.23. The molecule has 0 fully saturated rings. The molecule has 1 aromatic carbocycles. The van der Waals surface area contributed by atoms with E-state index in [0.717, 1.165) is 41.5 Å². The molecular weight excluding hydrogens is 400 g/mol. The minimum atomic E-state index is -0.0558. The van der Waals surface area contributed by atoms with Crippen molar-refractivity contribution in [1.29, 1.82) is 0 Å². The van der Waals surface area contributed by atoms with E-state index in [1.54, 1.807) is 11.3 Å². The maximum absolute atomic E-state index is 9.59. The lowest BCUT2D eigenvalue weighted by molar-refractivity contribution is 0.427. The quantitative estimate of drug-likeness (QED) is 0.297. The molecule has 1 aliphatic heterocycles. The molecule has 4 rings (SSSR count). The Balaban J connectivity index is 1.51. The van der Waals surface area contributed by atoms with Crippen LogP contribution in [0.4, 0.5) is 10.8 Å². The van der Waals surface area contributed by atoms with Crippen molar-refractivity contribution >= 4 is 49.3 Å². The standard InChI is InChI=1S/C22H24N4OS2/c1-12(2)20-17-9-15(10-24-21-16-7-5-6-8-18(16)29-26-21)23-11-19(17)28-22(20)25-13(3)14(4)27/h5-8,15,23,25,27H,1,3-4,9-11H2,2H3,(H,24,26). The van der Waals surface area contributed by atoms with Crippen LogP contribution in [0.25, 0.3) is 15.7 Å². The normalized spacial score (nSPS) is 15.7. The molecule has 0 saturated carbocycles. The third-order valence-electron chi connectivity index (χ3n) is 5.03. The van der Waals surface area contributed by atoms with Crippen molar-refractivity contribution in [1.82, 2.24) is 9.69 Å². The first kappa shape index (κ1) is 19.7. The number of allylic oxidation sites excluding steroid dienone is 1. The molecule has 29 heavy (non-hydrogen) atoms. The summed E-state index contributed by atoms with van der Waals surface area (Å²) in [6.45, 7) is 15.2. The van der Waals surface area contributed by atoms with E-state index >= 15 is 0 Å². The number of anilines is 2. The maximum Gasteiger partial charge on any atom is 0.147 e. The van der Waals surface area contributed by atoms with Crippen LogP contribution >= 0.6 is 22.9 Å². The van der Waals surface area contributed by atoms with Gasteiger partial charge in [0.1, 0.15) is 16.6 Å². The summed E-state index contributed by atoms with van der Waals surface area (Å²) in [5, 5.41) is 22.1. The Labute approximate surface area is 178 Å². The molecule has 0 spiro atoms. The van der Waals surface area contributed by atoms with Gasteiger partial charge in [0, 0.05) is 35.0 Å². The number of aliphatic hydroxyl groups is 1. The first-order chi connectivity index (χ1) is 13.9. The van der Waals surface area contributed by atoms with Gasteiger partial charge in [-0.05, 0) is 48.1 Å². The Kier molecular flexibility index (Phi) is 5.45. The highest BCUT2D eigenvalue weighted by Gasteiger charge is 2.26. The van der Waals surface area contributed by atoms with Crippen LogP contribution in [0, 0.1) is 0 Å². The summed E-state index contributed by atoms with van der Waals surface area (Å²) >= 11 is 3.20. The number of hydrogen-bond acceptors (Lipinski definition) is 7. The van der Waals surface area contributed by atoms with E-state index in [0.29, 0.717) is 11.7 Å². The molecule has 4 N–H and O–H groups in total. The highest BCUT2D eigenvalue weighted by atomic mass is 32.1. The van der Waals surface area contributed by atoms with Gasteiger partial charge in [0.2, 0.25) is 0 Å². The number of thiophene rings is 1. The van der Waals surface area contributed by atoms with E-state index in [4.69, 9.17) is 0 Å². The number of hydrogen-bond donors (Lipinski definition) is 4. The number of rotatable bonds is 7. The largest absolute Gasteiger partial charge is 0.506 e. The van der Waals surface area contributed by atoms with Crippen LogP contribution in [0.2, 0.25) is 0 Å². The van der Waals surface area contributed by atoms with E-state index in [9.17, 15) is 5.11 Å². The smallest absolute Gasteiger partial charge is 0.147 e. The molecule has 1 aliphatic rings. The van der Waals surface area contributed by atoms with Gasteiger partial charge >= 0.3 is 0 Å². The van der Waals surface area contributed by atoms with Crippen LogP contribution in [0.1, 0.15) is 22.9 Å². The van der Waals surface area contributed by atoms with Crippen LogP contribution in [0.5, 0.6) is 0 Å². The first-order valence-corrected chi connectivity index (χ1v) is 11.0. The summed E-state index contributed by atoms with van der Waals surface area (Å²) in [5.74, 6) is 0.892. The van der Waals surface area contributed by atoms with Gasteiger partial charge in [-0.15, -0.1) is 11.3 Å². The van der Waals surface area contributed by atoms with E-state index in [1.807, 2.05) is 19.1 Å². The van der Waals surface area contributed by atoms with Crippen molar-refractivity contribution in [3.63, 3.8) is 0 Å². The molecule has 0 bridgehead atoms. The van der Waals surface area contributed by atoms with Crippen LogP contribution < -0.4 is 16.0 Å². The van der Waals surface area contributed by atoms with Gasteiger partial charge in [0.05, 0.1) is 10.4 Å². The molecule has 3 heterocycles. The van der Waals surface area contributed by atoms with Gasteiger partial charge in [0.15, 0.2) is 0 Å². The molecule has 150 valence electrons. The minimum absolute atomic E-state index is 0.0558. The fraction of sp³-hybridized carbons (Fsp3) is 0.227. The topological polar surface area (TPSA) is 69.2 Å². The summed E-state index contributed by atoms with van der Waals surface area (Å²) in [4.78, 5) is 1.29. The number of benzene rings is 1. The number of fused-ring (bicyclic) bond motifs is 2. The van der Waals surface area contributed by atoms with Gasteiger partial charge in [0.25, 0.3) is 0 Å². The summed E-state index contributed by atoms with van der Waals surface area (Å²) in [6.07, 6.45) is 0.900. The molecule has 0 radical (unpaired) electrons. The average molecular weight is 425 g/mol. The van der Waals surface area contributed by atoms with Crippen molar-refractivity contribution in [2.45, 2.75) is 25.9 Å². The third-order valence-corrected chi connectivity index (χ3v) is 7.00. The second kappa shape index (κ2) is 8.02. The van der Waals surface area contributed by atoms with E-state index in [2.05, 4.69) is 52.2 Å². The fourth-order valence-corrected chi connectivity index (χ4v) is 5.59. The molecule has 1 atom stereocenters. The molecule has 0 saturated heterocycles. The molecule has 2 aromatic heterocycles. The molecule has 0 amide bonds. The van der Waals surface area contributed by atoms with Crippen molar-refractivity contribution < 1.29 is 5.11 Å². The van der Waals surface area contributed by atoms with Gasteiger partial charge in [-0.2, -0.15) is 4.37 Å². The Morgan fingerprint density at radius 2 is 2.10 bits per heavy atom. The van der Waals surface area contributed by atoms with Crippen LogP contribution in [-0.2, 0) is 13.0 Å². The molecular formula is C22H24N4OS2. The lowest BCUT2D eigenvalue weighted by atomic mass is 9.95. The van der Waals surface area contributed by atoms with Gasteiger partial charge in [-0.25, -0.2) is 0 Å². The summed E-state index contributed by atoms with van der Waals surface area (Å²) in [5.41, 5.74) is 3.85. The zero-order chi connectivity index (χ0) is 20.5. The van der Waals surface area contributed by atoms with E-state index in [-0.39, 0.29) is 5.76 Å². The monoisotopic (exact) mass is 424 g/mol. The first-order valence-electron chi connectivity index (χ1n) is 9.40. The molecule has 1 unspecified atom stereocenters. The molecule has 0 aliphatic carbocycles.